The summed E-state index contributed by atoms with van der Waals surface area (Å²) < 4.78 is 0. The smallest absolute Gasteiger partial charge is 0.00238 e. The van der Waals surface area contributed by atoms with Gasteiger partial charge in [-0.3, -0.25) is 0 Å². The zero-order valence-corrected chi connectivity index (χ0v) is 10.2. The standard InChI is InChI=1S/C15H22/c1-4-15(12(2)3)11-7-9-13-8-5-6-10-14(13)15/h5-6,8,10,12H,4,7,9,11H2,1-3H3. The molecular formula is C15H22. The van der Waals surface area contributed by atoms with E-state index in [-0.39, 0.29) is 0 Å². The Kier molecular flexibility index (Phi) is 2.86. The summed E-state index contributed by atoms with van der Waals surface area (Å²) in [5, 5.41) is 0. The van der Waals surface area contributed by atoms with Gasteiger partial charge in [-0.15, -0.1) is 0 Å². The molecule has 0 amide bonds. The molecule has 1 unspecified atom stereocenters. The Balaban J connectivity index is 2.52. The molecule has 0 spiro atoms. The number of hydrogen-bond acceptors (Lipinski definition) is 0. The molecule has 0 nitrogen and oxygen atoms in total. The SMILES string of the molecule is CCC1(C(C)C)CCCc2ccccc21. The highest BCUT2D eigenvalue weighted by atomic mass is 14.4. The second-order valence-electron chi connectivity index (χ2n) is 5.18. The highest BCUT2D eigenvalue weighted by molar-refractivity contribution is 5.37. The van der Waals surface area contributed by atoms with E-state index >= 15 is 0 Å². The summed E-state index contributed by atoms with van der Waals surface area (Å²) in [5.41, 5.74) is 3.68. The van der Waals surface area contributed by atoms with Crippen molar-refractivity contribution in [2.24, 2.45) is 5.92 Å². The normalized spacial score (nSPS) is 25.3. The number of hydrogen-bond donors (Lipinski definition) is 0. The molecule has 1 aliphatic carbocycles. The maximum atomic E-state index is 2.38. The lowest BCUT2D eigenvalue weighted by atomic mass is 9.62. The highest BCUT2D eigenvalue weighted by Gasteiger charge is 2.37. The molecule has 0 aromatic heterocycles. The van der Waals surface area contributed by atoms with Gasteiger partial charge < -0.3 is 0 Å². The van der Waals surface area contributed by atoms with Crippen LogP contribution in [0.4, 0.5) is 0 Å². The lowest BCUT2D eigenvalue weighted by molar-refractivity contribution is 0.253. The fourth-order valence-electron chi connectivity index (χ4n) is 3.33. The molecule has 0 aliphatic heterocycles. The summed E-state index contributed by atoms with van der Waals surface area (Å²) in [7, 11) is 0. The van der Waals surface area contributed by atoms with Crippen LogP contribution in [-0.2, 0) is 11.8 Å². The van der Waals surface area contributed by atoms with Crippen LogP contribution in [0.25, 0.3) is 0 Å². The first-order valence-corrected chi connectivity index (χ1v) is 6.29. The lowest BCUT2D eigenvalue weighted by Crippen LogP contribution is -2.35. The third kappa shape index (κ3) is 1.60. The van der Waals surface area contributed by atoms with Crippen LogP contribution in [0.5, 0.6) is 0 Å². The summed E-state index contributed by atoms with van der Waals surface area (Å²) in [6.45, 7) is 7.11. The average Bonchev–Trinajstić information content (AvgIpc) is 2.28. The Morgan fingerprint density at radius 2 is 2.00 bits per heavy atom. The van der Waals surface area contributed by atoms with Gasteiger partial charge in [0.1, 0.15) is 0 Å². The zero-order chi connectivity index (χ0) is 10.9. The van der Waals surface area contributed by atoms with Crippen molar-refractivity contribution < 1.29 is 0 Å². The summed E-state index contributed by atoms with van der Waals surface area (Å²) in [6.07, 6.45) is 5.30. The van der Waals surface area contributed by atoms with E-state index in [1.165, 1.54) is 25.7 Å². The Morgan fingerprint density at radius 1 is 1.27 bits per heavy atom. The molecule has 0 bridgehead atoms. The fraction of sp³-hybridized carbons (Fsp3) is 0.600. The summed E-state index contributed by atoms with van der Waals surface area (Å²) in [5.74, 6) is 0.754. The second-order valence-corrected chi connectivity index (χ2v) is 5.18. The first-order valence-electron chi connectivity index (χ1n) is 6.29. The molecular weight excluding hydrogens is 180 g/mol. The van der Waals surface area contributed by atoms with Gasteiger partial charge in [0.2, 0.25) is 0 Å². The first kappa shape index (κ1) is 10.7. The first-order chi connectivity index (χ1) is 7.20. The van der Waals surface area contributed by atoms with Crippen molar-refractivity contribution in [2.75, 3.05) is 0 Å². The lowest BCUT2D eigenvalue weighted by Gasteiger charge is -2.42. The second kappa shape index (κ2) is 4.00. The van der Waals surface area contributed by atoms with Crippen LogP contribution in [0.3, 0.4) is 0 Å². The van der Waals surface area contributed by atoms with Crippen molar-refractivity contribution in [1.29, 1.82) is 0 Å². The van der Waals surface area contributed by atoms with Crippen molar-refractivity contribution in [3.05, 3.63) is 35.4 Å². The molecule has 82 valence electrons. The van der Waals surface area contributed by atoms with Crippen LogP contribution >= 0.6 is 0 Å². The van der Waals surface area contributed by atoms with Gasteiger partial charge in [-0.05, 0) is 48.1 Å². The summed E-state index contributed by atoms with van der Waals surface area (Å²) >= 11 is 0. The average molecular weight is 202 g/mol. The highest BCUT2D eigenvalue weighted by Crippen LogP contribution is 2.45. The van der Waals surface area contributed by atoms with Crippen molar-refractivity contribution in [3.63, 3.8) is 0 Å². The topological polar surface area (TPSA) is 0 Å². The minimum atomic E-state index is 0.453. The van der Waals surface area contributed by atoms with Crippen LogP contribution < -0.4 is 0 Å². The van der Waals surface area contributed by atoms with E-state index in [1.807, 2.05) is 0 Å². The van der Waals surface area contributed by atoms with Crippen molar-refractivity contribution >= 4 is 0 Å². The van der Waals surface area contributed by atoms with Gasteiger partial charge >= 0.3 is 0 Å². The molecule has 0 fully saturated rings. The maximum Gasteiger partial charge on any atom is -0.00238 e. The van der Waals surface area contributed by atoms with E-state index in [2.05, 4.69) is 45.0 Å². The van der Waals surface area contributed by atoms with Crippen LogP contribution in [0.1, 0.15) is 51.2 Å². The molecule has 0 heteroatoms. The quantitative estimate of drug-likeness (QED) is 0.669. The van der Waals surface area contributed by atoms with Gasteiger partial charge in [-0.1, -0.05) is 45.0 Å². The van der Waals surface area contributed by atoms with Crippen LogP contribution in [0.15, 0.2) is 24.3 Å². The van der Waals surface area contributed by atoms with Crippen molar-refractivity contribution in [3.8, 4) is 0 Å². The van der Waals surface area contributed by atoms with Gasteiger partial charge in [0.25, 0.3) is 0 Å². The van der Waals surface area contributed by atoms with Gasteiger partial charge in [-0.25, -0.2) is 0 Å². The molecule has 1 atom stereocenters. The number of rotatable bonds is 2. The van der Waals surface area contributed by atoms with E-state index in [0.717, 1.165) is 5.92 Å². The predicted molar refractivity (Wildman–Crippen MR) is 66.2 cm³/mol. The third-order valence-electron chi connectivity index (χ3n) is 4.36. The van der Waals surface area contributed by atoms with Gasteiger partial charge in [-0.2, -0.15) is 0 Å². The molecule has 0 radical (unpaired) electrons. The molecule has 1 aliphatic rings. The predicted octanol–water partition coefficient (Wildman–Crippen LogP) is 4.33. The molecule has 1 aromatic rings. The van der Waals surface area contributed by atoms with Gasteiger partial charge in [0.05, 0.1) is 0 Å². The van der Waals surface area contributed by atoms with Crippen molar-refractivity contribution in [2.45, 2.75) is 51.9 Å². The minimum Gasteiger partial charge on any atom is -0.0645 e. The van der Waals surface area contributed by atoms with E-state index < -0.39 is 0 Å². The summed E-state index contributed by atoms with van der Waals surface area (Å²) in [6, 6.07) is 9.07. The van der Waals surface area contributed by atoms with Crippen molar-refractivity contribution in [1.82, 2.24) is 0 Å². The van der Waals surface area contributed by atoms with Gasteiger partial charge in [0, 0.05) is 0 Å². The molecule has 1 aromatic carbocycles. The van der Waals surface area contributed by atoms with E-state index in [0.29, 0.717) is 5.41 Å². The van der Waals surface area contributed by atoms with E-state index in [9.17, 15) is 0 Å². The Hall–Kier alpha value is -0.780. The molecule has 0 heterocycles. The fourth-order valence-corrected chi connectivity index (χ4v) is 3.33. The summed E-state index contributed by atoms with van der Waals surface area (Å²) in [4.78, 5) is 0. The maximum absolute atomic E-state index is 2.38. The number of aryl methyl sites for hydroxylation is 1. The molecule has 15 heavy (non-hydrogen) atoms. The van der Waals surface area contributed by atoms with Crippen LogP contribution in [0.2, 0.25) is 0 Å². The van der Waals surface area contributed by atoms with Gasteiger partial charge in [0.15, 0.2) is 0 Å². The van der Waals surface area contributed by atoms with Crippen LogP contribution in [-0.4, -0.2) is 0 Å². The zero-order valence-electron chi connectivity index (χ0n) is 10.2. The Bertz CT molecular complexity index is 338. The number of fused-ring (bicyclic) bond motifs is 1. The van der Waals surface area contributed by atoms with E-state index in [4.69, 9.17) is 0 Å². The minimum absolute atomic E-state index is 0.453. The third-order valence-corrected chi connectivity index (χ3v) is 4.36. The van der Waals surface area contributed by atoms with E-state index in [1.54, 1.807) is 11.1 Å². The molecule has 0 saturated carbocycles. The Labute approximate surface area is 93.7 Å². The largest absolute Gasteiger partial charge is 0.0645 e. The molecule has 0 saturated heterocycles. The monoisotopic (exact) mass is 202 g/mol. The molecule has 0 N–H and O–H groups in total. The number of benzene rings is 1. The van der Waals surface area contributed by atoms with Crippen LogP contribution in [0, 0.1) is 5.92 Å². The molecule has 2 rings (SSSR count). The Morgan fingerprint density at radius 3 is 2.67 bits per heavy atom.